The molecule has 0 radical (unpaired) electrons. The maximum atomic E-state index is 5.79. The van der Waals surface area contributed by atoms with Gasteiger partial charge in [0.2, 0.25) is 0 Å². The van der Waals surface area contributed by atoms with Gasteiger partial charge in [0, 0.05) is 16.8 Å². The van der Waals surface area contributed by atoms with E-state index in [0.717, 1.165) is 34.0 Å². The largest absolute Gasteiger partial charge is 0.380 e. The number of rotatable bonds is 3. The minimum atomic E-state index is 0.575. The van der Waals surface area contributed by atoms with Crippen molar-refractivity contribution in [3.63, 3.8) is 0 Å². The van der Waals surface area contributed by atoms with E-state index < -0.39 is 0 Å². The van der Waals surface area contributed by atoms with E-state index in [0.29, 0.717) is 4.47 Å². The van der Waals surface area contributed by atoms with E-state index in [2.05, 4.69) is 26.3 Å². The van der Waals surface area contributed by atoms with Gasteiger partial charge in [0.1, 0.15) is 5.82 Å². The Hall–Kier alpha value is -1.59. The minimum absolute atomic E-state index is 0.575. The first-order valence-electron chi connectivity index (χ1n) is 5.51. The molecule has 3 aromatic rings. The molecule has 0 aliphatic rings. The van der Waals surface area contributed by atoms with E-state index in [-0.39, 0.29) is 0 Å². The lowest BCUT2D eigenvalue weighted by Gasteiger charge is -2.03. The van der Waals surface area contributed by atoms with Crippen molar-refractivity contribution < 1.29 is 0 Å². The van der Waals surface area contributed by atoms with Crippen LogP contribution in [0.4, 0.5) is 5.69 Å². The Balaban J connectivity index is 1.78. The third-order valence-electron chi connectivity index (χ3n) is 2.59. The van der Waals surface area contributed by atoms with Gasteiger partial charge in [-0.3, -0.25) is 0 Å². The number of aromatic nitrogens is 3. The summed E-state index contributed by atoms with van der Waals surface area (Å²) in [6, 6.07) is 6.07. The molecule has 1 aromatic carbocycles. The van der Waals surface area contributed by atoms with Crippen LogP contribution in [-0.2, 0) is 6.54 Å². The van der Waals surface area contributed by atoms with Crippen LogP contribution in [0.25, 0.3) is 11.0 Å². The fourth-order valence-corrected chi connectivity index (χ4v) is 2.72. The predicted octanol–water partition coefficient (Wildman–Crippen LogP) is 3.59. The first-order chi connectivity index (χ1) is 8.70. The molecular weight excluding hydrogens is 268 g/mol. The van der Waals surface area contributed by atoms with Crippen LogP contribution in [0.5, 0.6) is 0 Å². The Kier molecular flexibility index (Phi) is 2.93. The lowest BCUT2D eigenvalue weighted by atomic mass is 10.3. The van der Waals surface area contributed by atoms with Crippen LogP contribution >= 0.6 is 22.9 Å². The zero-order chi connectivity index (χ0) is 12.5. The summed E-state index contributed by atoms with van der Waals surface area (Å²) < 4.78 is 0.575. The third-order valence-corrected chi connectivity index (χ3v) is 3.71. The fraction of sp³-hybridized carbons (Fsp3) is 0.167. The standard InChI is InChI=1S/C12H11ClN4S/c1-7-16-10-3-2-8(4-11(10)17-7)14-5-9-6-15-12(13)18-9/h2-4,6,14H,5H2,1H3,(H,16,17). The molecule has 2 heterocycles. The number of nitrogens with one attached hydrogen (secondary N) is 2. The van der Waals surface area contributed by atoms with Crippen LogP contribution < -0.4 is 5.32 Å². The summed E-state index contributed by atoms with van der Waals surface area (Å²) in [6.45, 7) is 2.68. The molecule has 0 saturated carbocycles. The average molecular weight is 279 g/mol. The molecule has 2 N–H and O–H groups in total. The van der Waals surface area contributed by atoms with Gasteiger partial charge < -0.3 is 10.3 Å². The normalized spacial score (nSPS) is 11.0. The van der Waals surface area contributed by atoms with E-state index >= 15 is 0 Å². The number of hydrogen-bond donors (Lipinski definition) is 2. The van der Waals surface area contributed by atoms with Crippen molar-refractivity contribution >= 4 is 39.7 Å². The third kappa shape index (κ3) is 2.32. The van der Waals surface area contributed by atoms with Gasteiger partial charge in [-0.2, -0.15) is 0 Å². The van der Waals surface area contributed by atoms with Crippen molar-refractivity contribution in [1.29, 1.82) is 0 Å². The van der Waals surface area contributed by atoms with Gasteiger partial charge in [-0.25, -0.2) is 9.97 Å². The molecule has 3 rings (SSSR count). The van der Waals surface area contributed by atoms with E-state index in [1.165, 1.54) is 11.3 Å². The lowest BCUT2D eigenvalue weighted by Crippen LogP contribution is -1.96. The molecule has 0 fully saturated rings. The van der Waals surface area contributed by atoms with Gasteiger partial charge in [-0.15, -0.1) is 11.3 Å². The van der Waals surface area contributed by atoms with Crippen LogP contribution in [0.3, 0.4) is 0 Å². The molecule has 0 atom stereocenters. The first-order valence-corrected chi connectivity index (χ1v) is 6.70. The zero-order valence-corrected chi connectivity index (χ0v) is 11.3. The summed E-state index contributed by atoms with van der Waals surface area (Å²) in [5.74, 6) is 0.927. The Labute approximate surface area is 113 Å². The number of hydrogen-bond acceptors (Lipinski definition) is 4. The van der Waals surface area contributed by atoms with Gasteiger partial charge in [0.15, 0.2) is 4.47 Å². The summed E-state index contributed by atoms with van der Waals surface area (Å²) in [6.07, 6.45) is 1.79. The second kappa shape index (κ2) is 4.59. The highest BCUT2D eigenvalue weighted by Crippen LogP contribution is 2.21. The summed E-state index contributed by atoms with van der Waals surface area (Å²) in [7, 11) is 0. The van der Waals surface area contributed by atoms with Crippen LogP contribution in [0.2, 0.25) is 4.47 Å². The quantitative estimate of drug-likeness (QED) is 0.770. The highest BCUT2D eigenvalue weighted by molar-refractivity contribution is 7.15. The number of benzene rings is 1. The molecule has 0 unspecified atom stereocenters. The van der Waals surface area contributed by atoms with Gasteiger partial charge in [0.25, 0.3) is 0 Å². The molecule has 0 bridgehead atoms. The number of anilines is 1. The highest BCUT2D eigenvalue weighted by Gasteiger charge is 2.02. The Morgan fingerprint density at radius 1 is 1.44 bits per heavy atom. The molecule has 0 spiro atoms. The molecule has 92 valence electrons. The van der Waals surface area contributed by atoms with Crippen LogP contribution in [0.15, 0.2) is 24.4 Å². The van der Waals surface area contributed by atoms with Crippen molar-refractivity contribution in [3.8, 4) is 0 Å². The number of aryl methyl sites for hydroxylation is 1. The molecule has 0 aliphatic heterocycles. The van der Waals surface area contributed by atoms with Crippen LogP contribution in [0.1, 0.15) is 10.7 Å². The summed E-state index contributed by atoms with van der Waals surface area (Å²) in [5, 5.41) is 3.34. The molecular formula is C12H11ClN4S. The smallest absolute Gasteiger partial charge is 0.183 e. The van der Waals surface area contributed by atoms with Crippen molar-refractivity contribution in [2.45, 2.75) is 13.5 Å². The van der Waals surface area contributed by atoms with Gasteiger partial charge in [-0.1, -0.05) is 11.6 Å². The second-order valence-electron chi connectivity index (χ2n) is 3.99. The van der Waals surface area contributed by atoms with Crippen molar-refractivity contribution in [2.24, 2.45) is 0 Å². The number of halogens is 1. The molecule has 0 amide bonds. The summed E-state index contributed by atoms with van der Waals surface area (Å²) >= 11 is 7.28. The van der Waals surface area contributed by atoms with E-state index in [4.69, 9.17) is 11.6 Å². The van der Waals surface area contributed by atoms with E-state index in [9.17, 15) is 0 Å². The SMILES string of the molecule is Cc1nc2ccc(NCc3cnc(Cl)s3)cc2[nH]1. The molecule has 6 heteroatoms. The lowest BCUT2D eigenvalue weighted by molar-refractivity contribution is 1.17. The molecule has 0 saturated heterocycles. The zero-order valence-electron chi connectivity index (χ0n) is 9.70. The number of fused-ring (bicyclic) bond motifs is 1. The number of thiazole rings is 1. The maximum Gasteiger partial charge on any atom is 0.183 e. The highest BCUT2D eigenvalue weighted by atomic mass is 35.5. The van der Waals surface area contributed by atoms with Gasteiger partial charge in [0.05, 0.1) is 17.6 Å². The Morgan fingerprint density at radius 2 is 2.33 bits per heavy atom. The summed E-state index contributed by atoms with van der Waals surface area (Å²) in [5.41, 5.74) is 3.08. The Bertz CT molecular complexity index is 688. The molecule has 2 aromatic heterocycles. The van der Waals surface area contributed by atoms with Crippen molar-refractivity contribution in [3.05, 3.63) is 39.6 Å². The number of imidazole rings is 1. The Morgan fingerprint density at radius 3 is 3.11 bits per heavy atom. The summed E-state index contributed by atoms with van der Waals surface area (Å²) in [4.78, 5) is 12.7. The van der Waals surface area contributed by atoms with Crippen molar-refractivity contribution in [2.75, 3.05) is 5.32 Å². The molecule has 4 nitrogen and oxygen atoms in total. The topological polar surface area (TPSA) is 53.6 Å². The molecule has 0 aliphatic carbocycles. The maximum absolute atomic E-state index is 5.79. The number of H-pyrrole nitrogens is 1. The predicted molar refractivity (Wildman–Crippen MR) is 75.3 cm³/mol. The second-order valence-corrected chi connectivity index (χ2v) is 5.68. The van der Waals surface area contributed by atoms with Gasteiger partial charge in [-0.05, 0) is 25.1 Å². The average Bonchev–Trinajstić information content (AvgIpc) is 2.90. The van der Waals surface area contributed by atoms with E-state index in [1.54, 1.807) is 6.20 Å². The monoisotopic (exact) mass is 278 g/mol. The number of aromatic amines is 1. The number of nitrogens with zero attached hydrogens (tertiary/aromatic N) is 2. The fourth-order valence-electron chi connectivity index (χ4n) is 1.80. The molecule has 18 heavy (non-hydrogen) atoms. The first kappa shape index (κ1) is 11.5. The van der Waals surface area contributed by atoms with E-state index in [1.807, 2.05) is 19.1 Å². The van der Waals surface area contributed by atoms with Crippen LogP contribution in [0, 0.1) is 6.92 Å². The van der Waals surface area contributed by atoms with Crippen LogP contribution in [-0.4, -0.2) is 15.0 Å². The minimum Gasteiger partial charge on any atom is -0.380 e. The van der Waals surface area contributed by atoms with Crippen molar-refractivity contribution in [1.82, 2.24) is 15.0 Å². The van der Waals surface area contributed by atoms with Gasteiger partial charge >= 0.3 is 0 Å².